The quantitative estimate of drug-likeness (QED) is 0.0332. The first kappa shape index (κ1) is 64.9. The van der Waals surface area contributed by atoms with E-state index in [1.165, 1.54) is 33.5 Å². The fourth-order valence-electron chi connectivity index (χ4n) is 10.3. The highest BCUT2D eigenvalue weighted by atomic mass is 35.5. The first-order valence-electron chi connectivity index (χ1n) is 28.9. The summed E-state index contributed by atoms with van der Waals surface area (Å²) in [6, 6.07) is 28.9. The second kappa shape index (κ2) is 30.1. The van der Waals surface area contributed by atoms with Crippen molar-refractivity contribution < 1.29 is 87.0 Å². The number of carboxylic acids is 4. The number of aryl methyl sites for hydroxylation is 2. The van der Waals surface area contributed by atoms with Crippen molar-refractivity contribution >= 4 is 47.6 Å². The fourth-order valence-corrected chi connectivity index (χ4v) is 10.6. The fraction of sp³-hybridized carbons (Fsp3) is 0.265. The summed E-state index contributed by atoms with van der Waals surface area (Å²) in [4.78, 5) is 48.9. The van der Waals surface area contributed by atoms with Gasteiger partial charge in [0.25, 0.3) is 0 Å². The second-order valence-electron chi connectivity index (χ2n) is 20.7. The van der Waals surface area contributed by atoms with Crippen LogP contribution in [0.5, 0.6) is 57.5 Å². The van der Waals surface area contributed by atoms with Crippen LogP contribution in [0.2, 0.25) is 5.02 Å². The van der Waals surface area contributed by atoms with Crippen molar-refractivity contribution in [1.82, 2.24) is 19.6 Å². The standard InChI is InChI=1S/C34H33ClN2O9.C34H34N2O9/c1-4-5-11-37-32(25-10-9-24(42-2)15-28(25)44-18-20-7-6-8-26(35)31(20)34(40)41)23(17-36-37)13-22(33(38)39)12-21-14-29-30(46-19-45-29)16-27(21)43-3;1-4-5-12-36-32(27-11-10-25(41-2)16-29(27)43-19-21-8-6-7-9-26(21)34(39)40)24(18-35-36)14-23(33(37)38)13-22-15-30-31(45-20-44-30)17-28(22)42-3/h6-10,13-17H,4-5,11-12,18-19H2,1-3H3,(H,38,39)(H,40,41);6-11,14-18H,4-5,12-13,19-20H2,1-3H3,(H,37,38)(H,39,40)/b22-13+;23-14+. The van der Waals surface area contributed by atoms with Crippen molar-refractivity contribution in [2.75, 3.05) is 42.0 Å². The Balaban J connectivity index is 0.000000215. The van der Waals surface area contributed by atoms with Crippen molar-refractivity contribution in [2.45, 2.75) is 78.7 Å². The molecule has 0 radical (unpaired) electrons. The van der Waals surface area contributed by atoms with E-state index in [4.69, 9.17) is 59.0 Å². The van der Waals surface area contributed by atoms with E-state index < -0.39 is 23.9 Å². The Hall–Kier alpha value is -10.6. The Kier molecular flexibility index (Phi) is 21.4. The molecule has 2 aromatic heterocycles. The van der Waals surface area contributed by atoms with Crippen LogP contribution in [0, 0.1) is 0 Å². The van der Waals surface area contributed by atoms with Crippen LogP contribution >= 0.6 is 11.6 Å². The third kappa shape index (κ3) is 15.3. The molecule has 2 aliphatic heterocycles. The molecular weight excluding hydrogens is 1200 g/mol. The van der Waals surface area contributed by atoms with Gasteiger partial charge in [-0.05, 0) is 73.5 Å². The highest BCUT2D eigenvalue weighted by Crippen LogP contribution is 2.43. The van der Waals surface area contributed by atoms with Gasteiger partial charge < -0.3 is 67.8 Å². The van der Waals surface area contributed by atoms with Gasteiger partial charge in [0.15, 0.2) is 23.0 Å². The van der Waals surface area contributed by atoms with E-state index in [0.717, 1.165) is 25.7 Å². The van der Waals surface area contributed by atoms with Gasteiger partial charge in [0.05, 0.1) is 68.4 Å². The molecule has 22 nitrogen and oxygen atoms in total. The second-order valence-corrected chi connectivity index (χ2v) is 21.1. The first-order valence-corrected chi connectivity index (χ1v) is 29.3. The summed E-state index contributed by atoms with van der Waals surface area (Å²) in [5, 5.41) is 49.3. The summed E-state index contributed by atoms with van der Waals surface area (Å²) in [5.74, 6) is 0.502. The van der Waals surface area contributed by atoms with Crippen molar-refractivity contribution in [3.63, 3.8) is 0 Å². The zero-order valence-electron chi connectivity index (χ0n) is 50.8. The molecule has 91 heavy (non-hydrogen) atoms. The maximum absolute atomic E-state index is 12.6. The minimum Gasteiger partial charge on any atom is -0.497 e. The van der Waals surface area contributed by atoms with Gasteiger partial charge in [-0.2, -0.15) is 10.2 Å². The lowest BCUT2D eigenvalue weighted by atomic mass is 9.99. The van der Waals surface area contributed by atoms with Gasteiger partial charge in [-0.3, -0.25) is 9.36 Å². The maximum Gasteiger partial charge on any atom is 0.337 e. The van der Waals surface area contributed by atoms with Gasteiger partial charge in [0, 0.05) is 106 Å². The molecule has 2 aliphatic rings. The van der Waals surface area contributed by atoms with Crippen molar-refractivity contribution in [3.05, 3.63) is 176 Å². The van der Waals surface area contributed by atoms with Crippen molar-refractivity contribution in [2.24, 2.45) is 0 Å². The molecule has 0 saturated carbocycles. The number of halogens is 1. The van der Waals surface area contributed by atoms with E-state index in [0.29, 0.717) is 126 Å². The summed E-state index contributed by atoms with van der Waals surface area (Å²) < 4.78 is 60.0. The summed E-state index contributed by atoms with van der Waals surface area (Å²) in [6.45, 7) is 5.35. The molecule has 23 heteroatoms. The number of aliphatic carboxylic acids is 2. The van der Waals surface area contributed by atoms with E-state index in [1.54, 1.807) is 111 Å². The highest BCUT2D eigenvalue weighted by Gasteiger charge is 2.26. The molecule has 4 N–H and O–H groups in total. The molecule has 0 fully saturated rings. The van der Waals surface area contributed by atoms with E-state index >= 15 is 0 Å². The predicted molar refractivity (Wildman–Crippen MR) is 336 cm³/mol. The molecule has 0 unspecified atom stereocenters. The Morgan fingerprint density at radius 3 is 1.41 bits per heavy atom. The molecule has 4 heterocycles. The number of aromatic nitrogens is 4. The van der Waals surface area contributed by atoms with Crippen LogP contribution in [-0.2, 0) is 48.7 Å². The van der Waals surface area contributed by atoms with E-state index in [2.05, 4.69) is 24.0 Å². The third-order valence-corrected chi connectivity index (χ3v) is 15.2. The molecule has 6 aromatic carbocycles. The number of rotatable bonds is 28. The smallest absolute Gasteiger partial charge is 0.337 e. The SMILES string of the molecule is CCCCn1ncc(/C=C(\Cc2cc3c(cc2OC)OCO3)C(=O)O)c1-c1ccc(OC)cc1OCc1cccc(Cl)c1C(=O)O.CCCCn1ncc(/C=C(\Cc2cc3c(cc2OC)OCO3)C(=O)O)c1-c1ccc(OC)cc1OCc1ccccc1C(=O)O. The zero-order valence-corrected chi connectivity index (χ0v) is 51.5. The molecule has 0 saturated heterocycles. The lowest BCUT2D eigenvalue weighted by Gasteiger charge is -2.17. The van der Waals surface area contributed by atoms with Crippen molar-refractivity contribution in [1.29, 1.82) is 0 Å². The number of carboxylic acid groups (broad SMARTS) is 4. The average molecular weight is 1260 g/mol. The molecule has 8 aromatic rings. The number of benzene rings is 6. The van der Waals surface area contributed by atoms with Gasteiger partial charge in [-0.1, -0.05) is 68.6 Å². The lowest BCUT2D eigenvalue weighted by molar-refractivity contribution is -0.133. The number of aromatic carboxylic acids is 2. The third-order valence-electron chi connectivity index (χ3n) is 14.9. The predicted octanol–water partition coefficient (Wildman–Crippen LogP) is 12.8. The number of carbonyl (C=O) groups is 4. The number of hydrogen-bond acceptors (Lipinski definition) is 16. The monoisotopic (exact) mass is 1260 g/mol. The van der Waals surface area contributed by atoms with E-state index in [-0.39, 0.29) is 66.9 Å². The number of fused-ring (bicyclic) bond motifs is 2. The van der Waals surface area contributed by atoms with Crippen LogP contribution in [0.4, 0.5) is 0 Å². The number of ether oxygens (including phenoxy) is 10. The Morgan fingerprint density at radius 1 is 0.527 bits per heavy atom. The molecule has 0 amide bonds. The van der Waals surface area contributed by atoms with Gasteiger partial charge in [0.1, 0.15) is 47.7 Å². The van der Waals surface area contributed by atoms with Crippen LogP contribution < -0.4 is 47.4 Å². The summed E-state index contributed by atoms with van der Waals surface area (Å²) >= 11 is 6.19. The van der Waals surface area contributed by atoms with Crippen LogP contribution in [-0.4, -0.2) is 106 Å². The molecule has 0 spiro atoms. The average Bonchev–Trinajstić information content (AvgIpc) is 1.79. The number of unbranched alkanes of at least 4 members (excludes halogenated alkanes) is 2. The molecule has 10 rings (SSSR count). The Bertz CT molecular complexity index is 4060. The van der Waals surface area contributed by atoms with Gasteiger partial charge in [-0.15, -0.1) is 0 Å². The molecular formula is C68H67ClN4O18. The molecule has 0 aliphatic carbocycles. The minimum absolute atomic E-state index is 0.0127. The number of nitrogens with zero attached hydrogens (tertiary/aromatic N) is 4. The van der Waals surface area contributed by atoms with Crippen LogP contribution in [0.25, 0.3) is 34.7 Å². The van der Waals surface area contributed by atoms with Crippen LogP contribution in [0.3, 0.4) is 0 Å². The van der Waals surface area contributed by atoms with Gasteiger partial charge >= 0.3 is 23.9 Å². The maximum atomic E-state index is 12.6. The summed E-state index contributed by atoms with van der Waals surface area (Å²) in [7, 11) is 6.10. The largest absolute Gasteiger partial charge is 0.497 e. The van der Waals surface area contributed by atoms with Crippen molar-refractivity contribution in [3.8, 4) is 80.0 Å². The minimum atomic E-state index is -1.17. The summed E-state index contributed by atoms with van der Waals surface area (Å²) in [6.07, 6.45) is 10.0. The molecule has 0 bridgehead atoms. The van der Waals surface area contributed by atoms with Crippen LogP contribution in [0.1, 0.15) is 93.6 Å². The Labute approximate surface area is 528 Å². The van der Waals surface area contributed by atoms with Gasteiger partial charge in [0.2, 0.25) is 13.6 Å². The zero-order chi connectivity index (χ0) is 64.7. The van der Waals surface area contributed by atoms with E-state index in [9.17, 15) is 39.6 Å². The summed E-state index contributed by atoms with van der Waals surface area (Å²) in [5.41, 5.74) is 6.10. The van der Waals surface area contributed by atoms with E-state index in [1.807, 2.05) is 21.5 Å². The van der Waals surface area contributed by atoms with Crippen LogP contribution in [0.15, 0.2) is 127 Å². The molecule has 474 valence electrons. The highest BCUT2D eigenvalue weighted by molar-refractivity contribution is 6.33. The number of hydrogen-bond donors (Lipinski definition) is 4. The normalized spacial score (nSPS) is 12.2. The molecule has 0 atom stereocenters. The van der Waals surface area contributed by atoms with Gasteiger partial charge in [-0.25, -0.2) is 19.2 Å². The topological polar surface area (TPSA) is 277 Å². The lowest BCUT2D eigenvalue weighted by Crippen LogP contribution is -2.08. The number of methoxy groups -OCH3 is 4. The first-order chi connectivity index (χ1) is 44.1. The Morgan fingerprint density at radius 2 is 0.978 bits per heavy atom.